The summed E-state index contributed by atoms with van der Waals surface area (Å²) in [5.41, 5.74) is 3.78. The zero-order valence-electron chi connectivity index (χ0n) is 25.2. The molecule has 0 atom stereocenters. The Hall–Kier alpha value is -2.82. The van der Waals surface area contributed by atoms with Gasteiger partial charge < -0.3 is 37.9 Å². The molecule has 3 aromatic rings. The van der Waals surface area contributed by atoms with Crippen molar-refractivity contribution in [2.45, 2.75) is 40.9 Å². The first kappa shape index (κ1) is 32.7. The van der Waals surface area contributed by atoms with Crippen molar-refractivity contribution in [1.82, 2.24) is 0 Å². The fraction of sp³-hybridized carbons (Fsp3) is 0.500. The van der Waals surface area contributed by atoms with Gasteiger partial charge in [0, 0.05) is 35.1 Å². The van der Waals surface area contributed by atoms with Crippen LogP contribution in [0.1, 0.15) is 38.8 Å². The number of rotatable bonds is 20. The van der Waals surface area contributed by atoms with Crippen LogP contribution >= 0.6 is 11.3 Å². The van der Waals surface area contributed by atoms with E-state index in [0.717, 1.165) is 55.0 Å². The van der Waals surface area contributed by atoms with Crippen LogP contribution in [0.5, 0.6) is 23.0 Å². The lowest BCUT2D eigenvalue weighted by atomic mass is 10.00. The molecule has 0 aliphatic heterocycles. The molecule has 1 aromatic heterocycles. The smallest absolute Gasteiger partial charge is 0.131 e. The molecule has 0 bridgehead atoms. The monoisotopic (exact) mass is 588 g/mol. The third kappa shape index (κ3) is 8.59. The lowest BCUT2D eigenvalue weighted by Crippen LogP contribution is -2.07. The fourth-order valence-corrected chi connectivity index (χ4v) is 5.84. The summed E-state index contributed by atoms with van der Waals surface area (Å²) >= 11 is 1.64. The predicted octanol–water partition coefficient (Wildman–Crippen LogP) is 7.00. The molecule has 3 rings (SSSR count). The quantitative estimate of drug-likeness (QED) is 0.131. The first-order valence-corrected chi connectivity index (χ1v) is 15.0. The number of benzene rings is 2. The van der Waals surface area contributed by atoms with E-state index >= 15 is 0 Å². The van der Waals surface area contributed by atoms with E-state index in [1.807, 2.05) is 64.1 Å². The Bertz CT molecular complexity index is 1050. The maximum absolute atomic E-state index is 6.15. The largest absolute Gasteiger partial charge is 0.493 e. The predicted molar refractivity (Wildman–Crippen MR) is 163 cm³/mol. The van der Waals surface area contributed by atoms with E-state index < -0.39 is 0 Å². The Labute approximate surface area is 248 Å². The summed E-state index contributed by atoms with van der Waals surface area (Å²) in [5, 5.41) is 0. The van der Waals surface area contributed by atoms with Gasteiger partial charge in [0.05, 0.1) is 77.2 Å². The minimum absolute atomic E-state index is 0.352. The number of methoxy groups -OCH3 is 2. The van der Waals surface area contributed by atoms with Crippen LogP contribution in [0, 0.1) is 0 Å². The molecular formula is C32H44O8S. The molecule has 226 valence electrons. The van der Waals surface area contributed by atoms with Crippen molar-refractivity contribution in [3.05, 3.63) is 47.5 Å². The highest BCUT2D eigenvalue weighted by Gasteiger charge is 2.28. The molecule has 0 spiro atoms. The molecule has 9 heteroatoms. The topological polar surface area (TPSA) is 73.8 Å². The Morgan fingerprint density at radius 2 is 0.854 bits per heavy atom. The summed E-state index contributed by atoms with van der Waals surface area (Å²) in [7, 11) is 3.33. The van der Waals surface area contributed by atoms with Gasteiger partial charge >= 0.3 is 0 Å². The first-order chi connectivity index (χ1) is 20.1. The van der Waals surface area contributed by atoms with Crippen LogP contribution in [-0.4, -0.2) is 67.1 Å². The van der Waals surface area contributed by atoms with Crippen molar-refractivity contribution in [2.24, 2.45) is 0 Å². The number of ether oxygens (including phenoxy) is 8. The van der Waals surface area contributed by atoms with E-state index in [4.69, 9.17) is 37.9 Å². The van der Waals surface area contributed by atoms with Crippen LogP contribution in [-0.2, 0) is 32.2 Å². The van der Waals surface area contributed by atoms with Gasteiger partial charge in [0.1, 0.15) is 23.0 Å². The van der Waals surface area contributed by atoms with Gasteiger partial charge in [0.2, 0.25) is 0 Å². The maximum Gasteiger partial charge on any atom is 0.131 e. The molecule has 0 radical (unpaired) electrons. The summed E-state index contributed by atoms with van der Waals surface area (Å²) in [4.78, 5) is 1.98. The second kappa shape index (κ2) is 17.9. The van der Waals surface area contributed by atoms with Gasteiger partial charge in [0.15, 0.2) is 0 Å². The van der Waals surface area contributed by atoms with Gasteiger partial charge in [-0.05, 0) is 52.0 Å². The van der Waals surface area contributed by atoms with Gasteiger partial charge in [-0.15, -0.1) is 11.3 Å². The molecule has 0 saturated heterocycles. The highest BCUT2D eigenvalue weighted by molar-refractivity contribution is 7.19. The van der Waals surface area contributed by atoms with E-state index in [9.17, 15) is 0 Å². The van der Waals surface area contributed by atoms with E-state index in [1.54, 1.807) is 25.6 Å². The zero-order chi connectivity index (χ0) is 29.5. The highest BCUT2D eigenvalue weighted by atomic mass is 32.1. The van der Waals surface area contributed by atoms with Crippen LogP contribution in [0.4, 0.5) is 0 Å². The summed E-state index contributed by atoms with van der Waals surface area (Å²) in [6, 6.07) is 11.8. The molecule has 0 unspecified atom stereocenters. The third-order valence-corrected chi connectivity index (χ3v) is 7.41. The molecule has 0 amide bonds. The third-order valence-electron chi connectivity index (χ3n) is 6.10. The summed E-state index contributed by atoms with van der Waals surface area (Å²) in [6.07, 6.45) is 0. The number of hydrogen-bond donors (Lipinski definition) is 0. The van der Waals surface area contributed by atoms with Gasteiger partial charge in [-0.3, -0.25) is 0 Å². The van der Waals surface area contributed by atoms with Gasteiger partial charge in [-0.25, -0.2) is 0 Å². The molecule has 0 aliphatic carbocycles. The minimum atomic E-state index is 0.352. The van der Waals surface area contributed by atoms with Crippen molar-refractivity contribution >= 4 is 11.3 Å². The van der Waals surface area contributed by atoms with Crippen LogP contribution in [0.2, 0.25) is 0 Å². The minimum Gasteiger partial charge on any atom is -0.493 e. The SMILES string of the molecule is CCOc1cccc(OCC)c1-c1sc(-c2c(OCC)cccc2OCC)c(COCCOC)c1COCCOC. The van der Waals surface area contributed by atoms with E-state index in [1.165, 1.54) is 0 Å². The number of hydrogen-bond acceptors (Lipinski definition) is 9. The molecule has 41 heavy (non-hydrogen) atoms. The Morgan fingerprint density at radius 3 is 1.15 bits per heavy atom. The molecule has 0 N–H and O–H groups in total. The standard InChI is InChI=1S/C32H44O8S/c1-7-37-25-13-11-14-26(38-8-2)29(25)31-23(21-35-19-17-33-5)24(22-36-20-18-34-6)32(41-31)30-27(39-9-3)15-12-16-28(30)40-10-4/h11-16H,7-10,17-22H2,1-6H3. The van der Waals surface area contributed by atoms with Crippen LogP contribution in [0.25, 0.3) is 20.9 Å². The average Bonchev–Trinajstić information content (AvgIpc) is 3.31. The van der Waals surface area contributed by atoms with Crippen molar-refractivity contribution < 1.29 is 37.9 Å². The molecule has 1 heterocycles. The Kier molecular flexibility index (Phi) is 14.3. The fourth-order valence-electron chi connectivity index (χ4n) is 4.41. The van der Waals surface area contributed by atoms with Crippen LogP contribution in [0.3, 0.4) is 0 Å². The molecule has 0 saturated carbocycles. The number of thiophene rings is 1. The lowest BCUT2D eigenvalue weighted by molar-refractivity contribution is 0.0539. The van der Waals surface area contributed by atoms with Crippen LogP contribution < -0.4 is 18.9 Å². The molecule has 0 fully saturated rings. The molecule has 0 aliphatic rings. The second-order valence-corrected chi connectivity index (χ2v) is 9.82. The van der Waals surface area contributed by atoms with Crippen molar-refractivity contribution in [3.63, 3.8) is 0 Å². The second-order valence-electron chi connectivity index (χ2n) is 8.80. The highest BCUT2D eigenvalue weighted by Crippen LogP contribution is 2.52. The Morgan fingerprint density at radius 1 is 0.512 bits per heavy atom. The maximum atomic E-state index is 6.15. The van der Waals surface area contributed by atoms with E-state index in [0.29, 0.717) is 66.1 Å². The first-order valence-electron chi connectivity index (χ1n) is 14.2. The molecular weight excluding hydrogens is 544 g/mol. The van der Waals surface area contributed by atoms with Gasteiger partial charge in [-0.2, -0.15) is 0 Å². The molecule has 2 aromatic carbocycles. The van der Waals surface area contributed by atoms with Crippen molar-refractivity contribution in [1.29, 1.82) is 0 Å². The lowest BCUT2D eigenvalue weighted by Gasteiger charge is -2.17. The summed E-state index contributed by atoms with van der Waals surface area (Å²) in [6.45, 7) is 12.6. The normalized spacial score (nSPS) is 11.1. The summed E-state index contributed by atoms with van der Waals surface area (Å²) < 4.78 is 47.3. The van der Waals surface area contributed by atoms with Gasteiger partial charge in [-0.1, -0.05) is 12.1 Å². The summed E-state index contributed by atoms with van der Waals surface area (Å²) in [5.74, 6) is 3.00. The average molecular weight is 589 g/mol. The van der Waals surface area contributed by atoms with Crippen molar-refractivity contribution in [3.8, 4) is 43.9 Å². The van der Waals surface area contributed by atoms with E-state index in [-0.39, 0.29) is 0 Å². The van der Waals surface area contributed by atoms with Crippen LogP contribution in [0.15, 0.2) is 36.4 Å². The zero-order valence-corrected chi connectivity index (χ0v) is 26.0. The van der Waals surface area contributed by atoms with Gasteiger partial charge in [0.25, 0.3) is 0 Å². The van der Waals surface area contributed by atoms with E-state index in [2.05, 4.69) is 0 Å². The molecule has 8 nitrogen and oxygen atoms in total. The van der Waals surface area contributed by atoms with Crippen molar-refractivity contribution in [2.75, 3.05) is 67.1 Å². The Balaban J connectivity index is 2.35.